The van der Waals surface area contributed by atoms with E-state index in [2.05, 4.69) is 10.6 Å². The van der Waals surface area contributed by atoms with E-state index in [9.17, 15) is 4.79 Å². The fourth-order valence-electron chi connectivity index (χ4n) is 2.96. The minimum Gasteiger partial charge on any atom is -0.384 e. The third-order valence-corrected chi connectivity index (χ3v) is 4.02. The van der Waals surface area contributed by atoms with E-state index < -0.39 is 0 Å². The van der Waals surface area contributed by atoms with Crippen molar-refractivity contribution in [3.05, 3.63) is 29.3 Å². The topological polar surface area (TPSA) is 41.1 Å². The number of rotatable bonds is 2. The van der Waals surface area contributed by atoms with Crippen LogP contribution in [-0.2, 0) is 6.42 Å². The summed E-state index contributed by atoms with van der Waals surface area (Å²) < 4.78 is 0. The fraction of sp³-hybridized carbons (Fsp3) is 0.533. The van der Waals surface area contributed by atoms with E-state index in [1.165, 1.54) is 30.5 Å². The van der Waals surface area contributed by atoms with Crippen LogP contribution in [0.25, 0.3) is 0 Å². The van der Waals surface area contributed by atoms with Gasteiger partial charge in [-0.15, -0.1) is 12.4 Å². The van der Waals surface area contributed by atoms with Crippen LogP contribution in [0.3, 0.4) is 0 Å². The first-order valence-electron chi connectivity index (χ1n) is 7.00. The second-order valence-corrected chi connectivity index (χ2v) is 5.36. The lowest BCUT2D eigenvalue weighted by Gasteiger charge is -2.22. The normalized spacial score (nSPS) is 18.1. The van der Waals surface area contributed by atoms with Crippen molar-refractivity contribution in [2.24, 2.45) is 0 Å². The average Bonchev–Trinajstić information content (AvgIpc) is 2.87. The summed E-state index contributed by atoms with van der Waals surface area (Å²) in [5.41, 5.74) is 3.26. The highest BCUT2D eigenvalue weighted by molar-refractivity contribution is 5.95. The average molecular weight is 281 g/mol. The largest absolute Gasteiger partial charge is 0.384 e. The standard InChI is InChI=1S/C15H20N2O.ClH/c18-15(17-13-4-2-1-3-5-13)12-6-7-14-11(10-12)8-9-16-14;/h6-7,10,13,16H,1-5,8-9H2,(H,17,18);1H. The number of fused-ring (bicyclic) bond motifs is 1. The molecule has 3 nitrogen and oxygen atoms in total. The molecule has 0 atom stereocenters. The molecule has 1 heterocycles. The Balaban J connectivity index is 0.00000133. The van der Waals surface area contributed by atoms with Crippen molar-refractivity contribution in [2.75, 3.05) is 11.9 Å². The molecule has 2 N–H and O–H groups in total. The SMILES string of the molecule is Cl.O=C(NC1CCCCC1)c1ccc2c(c1)CCN2. The summed E-state index contributed by atoms with van der Waals surface area (Å²) in [7, 11) is 0. The third kappa shape index (κ3) is 3.21. The number of anilines is 1. The molecule has 1 amide bonds. The van der Waals surface area contributed by atoms with Crippen molar-refractivity contribution in [1.82, 2.24) is 5.32 Å². The molecule has 3 rings (SSSR count). The molecule has 19 heavy (non-hydrogen) atoms. The minimum absolute atomic E-state index is 0. The highest BCUT2D eigenvalue weighted by Gasteiger charge is 2.18. The molecule has 0 radical (unpaired) electrons. The van der Waals surface area contributed by atoms with Gasteiger partial charge in [-0.25, -0.2) is 0 Å². The van der Waals surface area contributed by atoms with Crippen molar-refractivity contribution >= 4 is 24.0 Å². The van der Waals surface area contributed by atoms with Gasteiger partial charge in [0.15, 0.2) is 0 Å². The van der Waals surface area contributed by atoms with E-state index >= 15 is 0 Å². The second-order valence-electron chi connectivity index (χ2n) is 5.36. The van der Waals surface area contributed by atoms with Gasteiger partial charge >= 0.3 is 0 Å². The molecule has 104 valence electrons. The van der Waals surface area contributed by atoms with Crippen LogP contribution in [0.2, 0.25) is 0 Å². The van der Waals surface area contributed by atoms with Crippen LogP contribution in [0.5, 0.6) is 0 Å². The first kappa shape index (κ1) is 14.2. The predicted molar refractivity (Wildman–Crippen MR) is 80.2 cm³/mol. The van der Waals surface area contributed by atoms with Gasteiger partial charge in [-0.3, -0.25) is 4.79 Å². The Kier molecular flexibility index (Phi) is 4.70. The molecule has 4 heteroatoms. The van der Waals surface area contributed by atoms with E-state index in [1.54, 1.807) is 0 Å². The van der Waals surface area contributed by atoms with Gasteiger partial charge in [-0.2, -0.15) is 0 Å². The van der Waals surface area contributed by atoms with Crippen LogP contribution in [0.4, 0.5) is 5.69 Å². The summed E-state index contributed by atoms with van der Waals surface area (Å²) in [6.45, 7) is 0.989. The van der Waals surface area contributed by atoms with Gasteiger partial charge in [-0.1, -0.05) is 19.3 Å². The lowest BCUT2D eigenvalue weighted by Crippen LogP contribution is -2.36. The number of carbonyl (C=O) groups is 1. The fourth-order valence-corrected chi connectivity index (χ4v) is 2.96. The lowest BCUT2D eigenvalue weighted by molar-refractivity contribution is 0.0927. The van der Waals surface area contributed by atoms with Gasteiger partial charge in [0.1, 0.15) is 0 Å². The predicted octanol–water partition coefficient (Wildman–Crippen LogP) is 3.14. The van der Waals surface area contributed by atoms with Crippen LogP contribution in [0.1, 0.15) is 48.0 Å². The molecular weight excluding hydrogens is 260 g/mol. The zero-order chi connectivity index (χ0) is 12.4. The van der Waals surface area contributed by atoms with E-state index in [4.69, 9.17) is 0 Å². The Bertz CT molecular complexity index is 455. The maximum Gasteiger partial charge on any atom is 0.251 e. The van der Waals surface area contributed by atoms with Crippen molar-refractivity contribution in [3.8, 4) is 0 Å². The zero-order valence-electron chi connectivity index (χ0n) is 11.1. The Morgan fingerprint density at radius 1 is 1.21 bits per heavy atom. The van der Waals surface area contributed by atoms with Gasteiger partial charge in [-0.05, 0) is 43.0 Å². The Morgan fingerprint density at radius 3 is 2.79 bits per heavy atom. The molecule has 2 aliphatic rings. The third-order valence-electron chi connectivity index (χ3n) is 4.02. The minimum atomic E-state index is 0. The van der Waals surface area contributed by atoms with E-state index in [0.717, 1.165) is 31.4 Å². The lowest BCUT2D eigenvalue weighted by atomic mass is 9.95. The first-order valence-corrected chi connectivity index (χ1v) is 7.00. The van der Waals surface area contributed by atoms with E-state index in [1.807, 2.05) is 18.2 Å². The number of carbonyl (C=O) groups excluding carboxylic acids is 1. The van der Waals surface area contributed by atoms with Crippen LogP contribution in [0.15, 0.2) is 18.2 Å². The van der Waals surface area contributed by atoms with Crippen molar-refractivity contribution in [2.45, 2.75) is 44.6 Å². The maximum atomic E-state index is 12.2. The summed E-state index contributed by atoms with van der Waals surface area (Å²) in [6, 6.07) is 6.37. The molecule has 1 fully saturated rings. The Hall–Kier alpha value is -1.22. The summed E-state index contributed by atoms with van der Waals surface area (Å²) in [6.07, 6.45) is 7.12. The maximum absolute atomic E-state index is 12.2. The number of hydrogen-bond acceptors (Lipinski definition) is 2. The zero-order valence-corrected chi connectivity index (χ0v) is 11.9. The molecule has 0 aromatic heterocycles. The smallest absolute Gasteiger partial charge is 0.251 e. The molecule has 0 spiro atoms. The van der Waals surface area contributed by atoms with E-state index in [-0.39, 0.29) is 18.3 Å². The van der Waals surface area contributed by atoms with Crippen molar-refractivity contribution in [3.63, 3.8) is 0 Å². The molecule has 1 aromatic rings. The molecule has 1 aromatic carbocycles. The van der Waals surface area contributed by atoms with Crippen molar-refractivity contribution < 1.29 is 4.79 Å². The number of benzene rings is 1. The van der Waals surface area contributed by atoms with E-state index in [0.29, 0.717) is 6.04 Å². The molecule has 1 aliphatic heterocycles. The summed E-state index contributed by atoms with van der Waals surface area (Å²) in [4.78, 5) is 12.2. The van der Waals surface area contributed by atoms with Crippen LogP contribution in [-0.4, -0.2) is 18.5 Å². The number of hydrogen-bond donors (Lipinski definition) is 2. The highest BCUT2D eigenvalue weighted by Crippen LogP contribution is 2.23. The molecule has 0 bridgehead atoms. The summed E-state index contributed by atoms with van der Waals surface area (Å²) >= 11 is 0. The number of halogens is 1. The number of nitrogens with one attached hydrogen (secondary N) is 2. The van der Waals surface area contributed by atoms with Gasteiger partial charge in [0.05, 0.1) is 0 Å². The van der Waals surface area contributed by atoms with Crippen molar-refractivity contribution in [1.29, 1.82) is 0 Å². The highest BCUT2D eigenvalue weighted by atomic mass is 35.5. The second kappa shape index (κ2) is 6.29. The van der Waals surface area contributed by atoms with Gasteiger partial charge < -0.3 is 10.6 Å². The molecule has 1 saturated carbocycles. The first-order chi connectivity index (χ1) is 8.83. The summed E-state index contributed by atoms with van der Waals surface area (Å²) in [5, 5.41) is 6.48. The van der Waals surface area contributed by atoms with Gasteiger partial charge in [0.2, 0.25) is 0 Å². The van der Waals surface area contributed by atoms with Crippen LogP contribution < -0.4 is 10.6 Å². The summed E-state index contributed by atoms with van der Waals surface area (Å²) in [5.74, 6) is 0.0941. The molecule has 0 saturated heterocycles. The molecular formula is C15H21ClN2O. The number of amides is 1. The van der Waals surface area contributed by atoms with Crippen LogP contribution in [0, 0.1) is 0 Å². The Morgan fingerprint density at radius 2 is 2.00 bits per heavy atom. The van der Waals surface area contributed by atoms with Gasteiger partial charge in [0.25, 0.3) is 5.91 Å². The monoisotopic (exact) mass is 280 g/mol. The Labute approximate surface area is 120 Å². The molecule has 1 aliphatic carbocycles. The van der Waals surface area contributed by atoms with Gasteiger partial charge in [0, 0.05) is 23.8 Å². The molecule has 0 unspecified atom stereocenters. The quantitative estimate of drug-likeness (QED) is 0.874. The van der Waals surface area contributed by atoms with Crippen LogP contribution >= 0.6 is 12.4 Å².